The Morgan fingerprint density at radius 3 is 2.69 bits per heavy atom. The number of rotatable bonds is 5. The Kier molecular flexibility index (Phi) is 4.99. The van der Waals surface area contributed by atoms with E-state index in [1.807, 2.05) is 25.1 Å². The fourth-order valence-electron chi connectivity index (χ4n) is 2.88. The molecule has 1 amide bonds. The van der Waals surface area contributed by atoms with E-state index >= 15 is 0 Å². The van der Waals surface area contributed by atoms with Gasteiger partial charge in [0, 0.05) is 21.1 Å². The number of methoxy groups -OCH3 is 1. The van der Waals surface area contributed by atoms with Gasteiger partial charge in [-0.1, -0.05) is 15.9 Å². The zero-order chi connectivity index (χ0) is 18.8. The maximum atomic E-state index is 12.6. The van der Waals surface area contributed by atoms with Gasteiger partial charge in [0.25, 0.3) is 0 Å². The SMILES string of the molecule is COc1ccc2[nH]c(C)c(CC(=O)Nc3cc(Br)ccc3C(=O)O)c2c1. The van der Waals surface area contributed by atoms with E-state index in [2.05, 4.69) is 26.2 Å². The quantitative estimate of drug-likeness (QED) is 0.582. The summed E-state index contributed by atoms with van der Waals surface area (Å²) in [6, 6.07) is 10.3. The van der Waals surface area contributed by atoms with Gasteiger partial charge in [0.1, 0.15) is 5.75 Å². The third-order valence-electron chi connectivity index (χ3n) is 4.15. The van der Waals surface area contributed by atoms with E-state index in [-0.39, 0.29) is 23.6 Å². The van der Waals surface area contributed by atoms with Crippen molar-refractivity contribution in [1.82, 2.24) is 4.98 Å². The highest BCUT2D eigenvalue weighted by molar-refractivity contribution is 9.10. The lowest BCUT2D eigenvalue weighted by molar-refractivity contribution is -0.115. The van der Waals surface area contributed by atoms with Gasteiger partial charge in [-0.15, -0.1) is 0 Å². The molecule has 3 rings (SSSR count). The Labute approximate surface area is 158 Å². The van der Waals surface area contributed by atoms with Crippen LogP contribution < -0.4 is 10.1 Å². The van der Waals surface area contributed by atoms with Crippen molar-refractivity contribution in [2.75, 3.05) is 12.4 Å². The molecule has 0 spiro atoms. The van der Waals surface area contributed by atoms with Crippen molar-refractivity contribution >= 4 is 44.4 Å². The molecule has 134 valence electrons. The molecule has 1 heterocycles. The first-order valence-corrected chi connectivity index (χ1v) is 8.66. The lowest BCUT2D eigenvalue weighted by atomic mass is 10.1. The van der Waals surface area contributed by atoms with Crippen molar-refractivity contribution in [2.45, 2.75) is 13.3 Å². The van der Waals surface area contributed by atoms with Crippen molar-refractivity contribution < 1.29 is 19.4 Å². The van der Waals surface area contributed by atoms with Gasteiger partial charge >= 0.3 is 5.97 Å². The molecule has 7 heteroatoms. The molecule has 0 radical (unpaired) electrons. The van der Waals surface area contributed by atoms with E-state index in [4.69, 9.17) is 4.74 Å². The number of ether oxygens (including phenoxy) is 1. The number of anilines is 1. The van der Waals surface area contributed by atoms with E-state index < -0.39 is 5.97 Å². The molecule has 0 saturated heterocycles. The predicted octanol–water partition coefficient (Wildman–Crippen LogP) is 4.13. The summed E-state index contributed by atoms with van der Waals surface area (Å²) in [6.45, 7) is 1.90. The second-order valence-electron chi connectivity index (χ2n) is 5.86. The normalized spacial score (nSPS) is 10.7. The number of hydrogen-bond acceptors (Lipinski definition) is 3. The second kappa shape index (κ2) is 7.21. The van der Waals surface area contributed by atoms with Crippen LogP contribution in [0.15, 0.2) is 40.9 Å². The van der Waals surface area contributed by atoms with Crippen LogP contribution in [0.3, 0.4) is 0 Å². The van der Waals surface area contributed by atoms with Crippen LogP contribution in [0.5, 0.6) is 5.75 Å². The summed E-state index contributed by atoms with van der Waals surface area (Å²) in [7, 11) is 1.59. The number of aryl methyl sites for hydroxylation is 1. The van der Waals surface area contributed by atoms with Gasteiger partial charge in [-0.3, -0.25) is 4.79 Å². The first kappa shape index (κ1) is 18.0. The van der Waals surface area contributed by atoms with E-state index in [1.165, 1.54) is 6.07 Å². The van der Waals surface area contributed by atoms with Gasteiger partial charge in [-0.05, 0) is 48.9 Å². The summed E-state index contributed by atoms with van der Waals surface area (Å²) in [5, 5.41) is 12.9. The van der Waals surface area contributed by atoms with E-state index in [0.29, 0.717) is 10.2 Å². The number of aromatic amines is 1. The molecule has 0 aliphatic carbocycles. The number of fused-ring (bicyclic) bond motifs is 1. The predicted molar refractivity (Wildman–Crippen MR) is 103 cm³/mol. The van der Waals surface area contributed by atoms with E-state index in [1.54, 1.807) is 19.2 Å². The van der Waals surface area contributed by atoms with Crippen molar-refractivity contribution in [3.8, 4) is 5.75 Å². The van der Waals surface area contributed by atoms with Crippen LogP contribution in [0.4, 0.5) is 5.69 Å². The number of amides is 1. The fourth-order valence-corrected chi connectivity index (χ4v) is 3.24. The van der Waals surface area contributed by atoms with Gasteiger partial charge < -0.3 is 20.1 Å². The molecule has 1 aromatic heterocycles. The fraction of sp³-hybridized carbons (Fsp3) is 0.158. The summed E-state index contributed by atoms with van der Waals surface area (Å²) in [4.78, 5) is 27.1. The molecule has 0 saturated carbocycles. The van der Waals surface area contributed by atoms with Crippen molar-refractivity contribution in [2.24, 2.45) is 0 Å². The third-order valence-corrected chi connectivity index (χ3v) is 4.64. The summed E-state index contributed by atoms with van der Waals surface area (Å²) in [6.07, 6.45) is 0.116. The molecule has 0 bridgehead atoms. The zero-order valence-corrected chi connectivity index (χ0v) is 15.8. The number of aromatic nitrogens is 1. The maximum absolute atomic E-state index is 12.6. The number of aromatic carboxylic acids is 1. The molecule has 26 heavy (non-hydrogen) atoms. The highest BCUT2D eigenvalue weighted by atomic mass is 79.9. The Bertz CT molecular complexity index is 1010. The second-order valence-corrected chi connectivity index (χ2v) is 6.78. The van der Waals surface area contributed by atoms with Crippen LogP contribution in [0.2, 0.25) is 0 Å². The first-order chi connectivity index (χ1) is 12.4. The van der Waals surface area contributed by atoms with E-state index in [9.17, 15) is 14.7 Å². The number of carbonyl (C=O) groups excluding carboxylic acids is 1. The Balaban J connectivity index is 1.90. The third kappa shape index (κ3) is 3.57. The van der Waals surface area contributed by atoms with Crippen molar-refractivity contribution in [1.29, 1.82) is 0 Å². The molecule has 3 N–H and O–H groups in total. The number of carboxylic acids is 1. The smallest absolute Gasteiger partial charge is 0.337 e. The first-order valence-electron chi connectivity index (χ1n) is 7.87. The Morgan fingerprint density at radius 1 is 1.23 bits per heavy atom. The molecule has 0 atom stereocenters. The average molecular weight is 417 g/mol. The minimum absolute atomic E-state index is 0.0406. The molecule has 2 aromatic carbocycles. The van der Waals surface area contributed by atoms with Gasteiger partial charge in [-0.25, -0.2) is 4.79 Å². The number of halogens is 1. The topological polar surface area (TPSA) is 91.4 Å². The summed E-state index contributed by atoms with van der Waals surface area (Å²) in [5.41, 5.74) is 2.95. The minimum atomic E-state index is -1.10. The van der Waals surface area contributed by atoms with Crippen LogP contribution in [-0.2, 0) is 11.2 Å². The molecule has 0 aliphatic rings. The van der Waals surface area contributed by atoms with Gasteiger partial charge in [0.2, 0.25) is 5.91 Å². The van der Waals surface area contributed by atoms with Crippen LogP contribution in [0, 0.1) is 6.92 Å². The Morgan fingerprint density at radius 2 is 2.00 bits per heavy atom. The number of hydrogen-bond donors (Lipinski definition) is 3. The van der Waals surface area contributed by atoms with Crippen molar-refractivity contribution in [3.63, 3.8) is 0 Å². The molecule has 0 unspecified atom stereocenters. The summed E-state index contributed by atoms with van der Waals surface area (Å²) >= 11 is 3.29. The molecule has 6 nitrogen and oxygen atoms in total. The van der Waals surface area contributed by atoms with Crippen LogP contribution >= 0.6 is 15.9 Å². The van der Waals surface area contributed by atoms with E-state index in [0.717, 1.165) is 22.2 Å². The summed E-state index contributed by atoms with van der Waals surface area (Å²) in [5.74, 6) is -0.684. The molecular formula is C19H17BrN2O4. The highest BCUT2D eigenvalue weighted by Gasteiger charge is 2.16. The maximum Gasteiger partial charge on any atom is 0.337 e. The standard InChI is InChI=1S/C19H17BrN2O4/c1-10-14(15-8-12(26-2)4-6-16(15)21-10)9-18(23)22-17-7-11(20)3-5-13(17)19(24)25/h3-8,21H,9H2,1-2H3,(H,22,23)(H,24,25). The minimum Gasteiger partial charge on any atom is -0.497 e. The molecule has 0 aliphatic heterocycles. The number of nitrogens with one attached hydrogen (secondary N) is 2. The van der Waals surface area contributed by atoms with Gasteiger partial charge in [-0.2, -0.15) is 0 Å². The van der Waals surface area contributed by atoms with Gasteiger partial charge in [0.05, 0.1) is 24.8 Å². The number of benzene rings is 2. The van der Waals surface area contributed by atoms with Gasteiger partial charge in [0.15, 0.2) is 0 Å². The zero-order valence-electron chi connectivity index (χ0n) is 14.2. The average Bonchev–Trinajstić information content (AvgIpc) is 2.89. The molecule has 0 fully saturated rings. The lowest BCUT2D eigenvalue weighted by Gasteiger charge is -2.09. The monoisotopic (exact) mass is 416 g/mol. The lowest BCUT2D eigenvalue weighted by Crippen LogP contribution is -2.17. The van der Waals surface area contributed by atoms with Crippen LogP contribution in [0.1, 0.15) is 21.6 Å². The highest BCUT2D eigenvalue weighted by Crippen LogP contribution is 2.27. The Hall–Kier alpha value is -2.80. The number of carbonyl (C=O) groups is 2. The molecule has 3 aromatic rings. The van der Waals surface area contributed by atoms with Crippen LogP contribution in [-0.4, -0.2) is 29.1 Å². The molecular weight excluding hydrogens is 400 g/mol. The van der Waals surface area contributed by atoms with Crippen LogP contribution in [0.25, 0.3) is 10.9 Å². The largest absolute Gasteiger partial charge is 0.497 e. The summed E-state index contributed by atoms with van der Waals surface area (Å²) < 4.78 is 5.94. The number of H-pyrrole nitrogens is 1. The number of carboxylic acid groups (broad SMARTS) is 1. The van der Waals surface area contributed by atoms with Crippen molar-refractivity contribution in [3.05, 3.63) is 57.7 Å².